The van der Waals surface area contributed by atoms with Gasteiger partial charge < -0.3 is 10.8 Å². The number of carbonyl (C=O) groups is 1. The minimum Gasteiger partial charge on any atom is -0.503 e. The molecule has 0 amide bonds. The molecule has 70 valence electrons. The Hall–Kier alpha value is -2.10. The summed E-state index contributed by atoms with van der Waals surface area (Å²) in [5.41, 5.74) is 6.38. The molecule has 1 aromatic carbocycles. The Kier molecular flexibility index (Phi) is 1.64. The van der Waals surface area contributed by atoms with Crippen LogP contribution in [0.3, 0.4) is 0 Å². The largest absolute Gasteiger partial charge is 0.503 e. The zero-order chi connectivity index (χ0) is 10.3. The van der Waals surface area contributed by atoms with Crippen molar-refractivity contribution in [2.45, 2.75) is 0 Å². The van der Waals surface area contributed by atoms with E-state index >= 15 is 0 Å². The molecule has 1 aliphatic rings. The minimum atomic E-state index is -0.721. The van der Waals surface area contributed by atoms with Gasteiger partial charge in [-0.15, -0.1) is 0 Å². The van der Waals surface area contributed by atoms with E-state index < -0.39 is 11.5 Å². The number of Topliss-reactive ketones (excluding diaryl/α,β-unsaturated/α-hetero) is 1. The number of aliphatic hydroxyl groups is 1. The number of allylic oxidation sites excluding steroid dienone is 1. The predicted molar refractivity (Wildman–Crippen MR) is 52.0 cm³/mol. The van der Waals surface area contributed by atoms with Crippen LogP contribution in [0.25, 0.3) is 5.70 Å². The van der Waals surface area contributed by atoms with Gasteiger partial charge in [0.15, 0.2) is 5.76 Å². The van der Waals surface area contributed by atoms with Crippen molar-refractivity contribution in [3.63, 3.8) is 0 Å². The number of carbonyl (C=O) groups excluding carboxylic acids is 1. The Balaban J connectivity index is 2.78. The molecule has 0 spiro atoms. The fourth-order valence-corrected chi connectivity index (χ4v) is 1.43. The molecule has 0 unspecified atom stereocenters. The van der Waals surface area contributed by atoms with Gasteiger partial charge in [0, 0.05) is 11.1 Å². The quantitative estimate of drug-likeness (QED) is 0.563. The standard InChI is InChI=1S/C10H8N2O2/c11-7-5-3-1-2-4-6(5)8(12)10(14)9(7)13/h1-4,11,14H,12H2. The van der Waals surface area contributed by atoms with Crippen molar-refractivity contribution in [2.75, 3.05) is 0 Å². The third-order valence-corrected chi connectivity index (χ3v) is 2.18. The van der Waals surface area contributed by atoms with Gasteiger partial charge in [0.2, 0.25) is 5.78 Å². The number of nitrogens with two attached hydrogens (primary N) is 1. The lowest BCUT2D eigenvalue weighted by molar-refractivity contribution is -0.112. The average molecular weight is 188 g/mol. The topological polar surface area (TPSA) is 87.2 Å². The molecule has 0 saturated carbocycles. The van der Waals surface area contributed by atoms with Gasteiger partial charge in [0.05, 0.1) is 5.70 Å². The number of rotatable bonds is 0. The number of hydrogen-bond acceptors (Lipinski definition) is 4. The van der Waals surface area contributed by atoms with Gasteiger partial charge in [-0.2, -0.15) is 0 Å². The molecule has 0 fully saturated rings. The number of hydrogen-bond donors (Lipinski definition) is 3. The second-order valence-corrected chi connectivity index (χ2v) is 3.01. The van der Waals surface area contributed by atoms with Gasteiger partial charge in [-0.1, -0.05) is 24.3 Å². The van der Waals surface area contributed by atoms with Crippen LogP contribution in [-0.4, -0.2) is 16.6 Å². The van der Waals surface area contributed by atoms with E-state index in [-0.39, 0.29) is 11.4 Å². The second-order valence-electron chi connectivity index (χ2n) is 3.01. The minimum absolute atomic E-state index is 0.0431. The molecular weight excluding hydrogens is 180 g/mol. The molecule has 0 aliphatic heterocycles. The molecule has 1 aromatic rings. The van der Waals surface area contributed by atoms with Crippen molar-refractivity contribution in [1.29, 1.82) is 5.41 Å². The van der Waals surface area contributed by atoms with E-state index in [4.69, 9.17) is 11.1 Å². The molecule has 4 nitrogen and oxygen atoms in total. The van der Waals surface area contributed by atoms with Crippen LogP contribution in [-0.2, 0) is 4.79 Å². The van der Waals surface area contributed by atoms with E-state index in [2.05, 4.69) is 0 Å². The molecule has 14 heavy (non-hydrogen) atoms. The van der Waals surface area contributed by atoms with Gasteiger partial charge in [-0.25, -0.2) is 0 Å². The van der Waals surface area contributed by atoms with Gasteiger partial charge in [-0.05, 0) is 0 Å². The van der Waals surface area contributed by atoms with Crippen molar-refractivity contribution in [3.05, 3.63) is 41.2 Å². The third-order valence-electron chi connectivity index (χ3n) is 2.18. The Labute approximate surface area is 80.2 Å². The molecule has 0 atom stereocenters. The lowest BCUT2D eigenvalue weighted by Crippen LogP contribution is -2.26. The van der Waals surface area contributed by atoms with Crippen LogP contribution in [0.5, 0.6) is 0 Å². The molecule has 0 bridgehead atoms. The summed E-state index contributed by atoms with van der Waals surface area (Å²) >= 11 is 0. The van der Waals surface area contributed by atoms with Crippen LogP contribution in [0.1, 0.15) is 11.1 Å². The van der Waals surface area contributed by atoms with Crippen molar-refractivity contribution in [3.8, 4) is 0 Å². The van der Waals surface area contributed by atoms with E-state index in [1.807, 2.05) is 0 Å². The molecule has 2 rings (SSSR count). The van der Waals surface area contributed by atoms with E-state index in [1.165, 1.54) is 0 Å². The zero-order valence-corrected chi connectivity index (χ0v) is 7.24. The molecular formula is C10H8N2O2. The molecule has 0 saturated heterocycles. The summed E-state index contributed by atoms with van der Waals surface area (Å²) in [4.78, 5) is 11.3. The summed E-state index contributed by atoms with van der Waals surface area (Å²) < 4.78 is 0. The number of ketones is 1. The van der Waals surface area contributed by atoms with Crippen LogP contribution < -0.4 is 5.73 Å². The van der Waals surface area contributed by atoms with Gasteiger partial charge in [-0.3, -0.25) is 10.2 Å². The Bertz CT molecular complexity index is 475. The van der Waals surface area contributed by atoms with Crippen LogP contribution >= 0.6 is 0 Å². The maximum atomic E-state index is 11.3. The lowest BCUT2D eigenvalue weighted by Gasteiger charge is -2.16. The predicted octanol–water partition coefficient (Wildman–Crippen LogP) is 0.822. The summed E-state index contributed by atoms with van der Waals surface area (Å²) in [5, 5.41) is 16.8. The Morgan fingerprint density at radius 3 is 2.43 bits per heavy atom. The number of nitrogens with one attached hydrogen (secondary N) is 1. The van der Waals surface area contributed by atoms with E-state index in [9.17, 15) is 9.90 Å². The highest BCUT2D eigenvalue weighted by molar-refractivity contribution is 6.52. The number of benzene rings is 1. The second kappa shape index (κ2) is 2.70. The normalized spacial score (nSPS) is 15.7. The Morgan fingerprint density at radius 1 is 1.21 bits per heavy atom. The maximum Gasteiger partial charge on any atom is 0.247 e. The van der Waals surface area contributed by atoms with Gasteiger partial charge >= 0.3 is 0 Å². The molecule has 4 heteroatoms. The van der Waals surface area contributed by atoms with Crippen molar-refractivity contribution in [2.24, 2.45) is 5.73 Å². The van der Waals surface area contributed by atoms with E-state index in [0.717, 1.165) is 0 Å². The Morgan fingerprint density at radius 2 is 1.79 bits per heavy atom. The average Bonchev–Trinajstić information content (AvgIpc) is 2.23. The van der Waals surface area contributed by atoms with E-state index in [1.54, 1.807) is 24.3 Å². The first kappa shape index (κ1) is 8.50. The third kappa shape index (κ3) is 0.939. The van der Waals surface area contributed by atoms with Crippen LogP contribution in [0.2, 0.25) is 0 Å². The first-order chi connectivity index (χ1) is 6.63. The van der Waals surface area contributed by atoms with Crippen molar-refractivity contribution in [1.82, 2.24) is 0 Å². The van der Waals surface area contributed by atoms with Crippen LogP contribution in [0.4, 0.5) is 0 Å². The summed E-state index contributed by atoms with van der Waals surface area (Å²) in [6.45, 7) is 0. The highest BCUT2D eigenvalue weighted by Crippen LogP contribution is 2.24. The summed E-state index contributed by atoms with van der Waals surface area (Å²) in [6.07, 6.45) is 0. The highest BCUT2D eigenvalue weighted by Gasteiger charge is 2.27. The summed E-state index contributed by atoms with van der Waals surface area (Å²) in [7, 11) is 0. The number of aliphatic hydroxyl groups excluding tert-OH is 1. The van der Waals surface area contributed by atoms with Crippen molar-refractivity contribution < 1.29 is 9.90 Å². The van der Waals surface area contributed by atoms with Crippen LogP contribution in [0.15, 0.2) is 30.0 Å². The molecule has 1 aliphatic carbocycles. The maximum absolute atomic E-state index is 11.3. The fourth-order valence-electron chi connectivity index (χ4n) is 1.43. The van der Waals surface area contributed by atoms with E-state index in [0.29, 0.717) is 11.1 Å². The monoisotopic (exact) mass is 188 g/mol. The SMILES string of the molecule is N=C1C(=O)C(O)=C(N)c2ccccc21. The molecule has 0 radical (unpaired) electrons. The van der Waals surface area contributed by atoms with Gasteiger partial charge in [0.1, 0.15) is 5.71 Å². The smallest absolute Gasteiger partial charge is 0.247 e. The number of fused-ring (bicyclic) bond motifs is 1. The molecule has 0 heterocycles. The fraction of sp³-hybridized carbons (Fsp3) is 0. The highest BCUT2D eigenvalue weighted by atomic mass is 16.3. The van der Waals surface area contributed by atoms with Gasteiger partial charge in [0.25, 0.3) is 0 Å². The lowest BCUT2D eigenvalue weighted by atomic mass is 9.91. The first-order valence-electron chi connectivity index (χ1n) is 4.04. The zero-order valence-electron chi connectivity index (χ0n) is 7.24. The first-order valence-corrected chi connectivity index (χ1v) is 4.04. The van der Waals surface area contributed by atoms with Crippen molar-refractivity contribution >= 4 is 17.2 Å². The molecule has 0 aromatic heterocycles. The summed E-state index contributed by atoms with van der Waals surface area (Å²) in [6, 6.07) is 6.76. The van der Waals surface area contributed by atoms with Crippen LogP contribution in [0, 0.1) is 5.41 Å². The molecule has 4 N–H and O–H groups in total. The summed E-state index contributed by atoms with van der Waals surface area (Å²) in [5.74, 6) is -1.25.